The summed E-state index contributed by atoms with van der Waals surface area (Å²) in [5, 5.41) is 2.16. The zero-order valence-corrected chi connectivity index (χ0v) is 29.5. The van der Waals surface area contributed by atoms with E-state index in [4.69, 9.17) is 24.1 Å². The van der Waals surface area contributed by atoms with Crippen molar-refractivity contribution in [2.45, 2.75) is 12.3 Å². The van der Waals surface area contributed by atoms with Gasteiger partial charge in [0, 0.05) is 40.0 Å². The Kier molecular flexibility index (Phi) is 8.12. The monoisotopic (exact) mass is 697 g/mol. The Morgan fingerprint density at radius 1 is 0.426 bits per heavy atom. The van der Waals surface area contributed by atoms with Crippen molar-refractivity contribution in [2.75, 3.05) is 13.2 Å². The summed E-state index contributed by atoms with van der Waals surface area (Å²) in [7, 11) is 0. The summed E-state index contributed by atoms with van der Waals surface area (Å²) in [5.74, 6) is 2.28. The molecule has 5 heteroatoms. The van der Waals surface area contributed by atoms with Crippen LogP contribution in [0, 0.1) is 0 Å². The molecule has 0 aliphatic carbocycles. The average Bonchev–Trinajstić information content (AvgIpc) is 3.93. The number of benzene rings is 7. The van der Waals surface area contributed by atoms with Gasteiger partial charge >= 0.3 is 0 Å². The van der Waals surface area contributed by atoms with Crippen LogP contribution in [0.5, 0.6) is 0 Å². The molecule has 1 unspecified atom stereocenters. The zero-order valence-electron chi connectivity index (χ0n) is 29.5. The van der Waals surface area contributed by atoms with Gasteiger partial charge in [-0.3, -0.25) is 0 Å². The molecule has 1 fully saturated rings. The fraction of sp³-hybridized carbons (Fsp3) is 0.0816. The number of fused-ring (bicyclic) bond motifs is 3. The van der Waals surface area contributed by atoms with Crippen molar-refractivity contribution in [1.29, 1.82) is 0 Å². The number of hydrogen-bond acceptors (Lipinski definition) is 5. The highest BCUT2D eigenvalue weighted by Gasteiger charge is 2.19. The van der Waals surface area contributed by atoms with E-state index in [1.54, 1.807) is 0 Å². The lowest BCUT2D eigenvalue weighted by molar-refractivity contribution is 0.194. The zero-order chi connectivity index (χ0) is 35.8. The molecule has 1 aliphatic rings. The third-order valence-electron chi connectivity index (χ3n) is 10.5. The highest BCUT2D eigenvalue weighted by atomic mass is 16.5. The number of aromatic nitrogens is 3. The third kappa shape index (κ3) is 6.05. The largest absolute Gasteiger partial charge is 0.456 e. The van der Waals surface area contributed by atoms with E-state index in [1.807, 2.05) is 18.2 Å². The van der Waals surface area contributed by atoms with Crippen LogP contribution >= 0.6 is 0 Å². The number of nitrogens with zero attached hydrogens (tertiary/aromatic N) is 3. The van der Waals surface area contributed by atoms with Gasteiger partial charge in [0.05, 0.1) is 6.61 Å². The van der Waals surface area contributed by atoms with Crippen molar-refractivity contribution in [2.24, 2.45) is 0 Å². The second-order valence-electron chi connectivity index (χ2n) is 13.9. The van der Waals surface area contributed by atoms with Gasteiger partial charge in [-0.1, -0.05) is 152 Å². The van der Waals surface area contributed by atoms with Crippen LogP contribution in [0.1, 0.15) is 17.9 Å². The fourth-order valence-corrected chi connectivity index (χ4v) is 7.59. The minimum Gasteiger partial charge on any atom is -0.456 e. The minimum absolute atomic E-state index is 0.474. The number of ether oxygens (including phenoxy) is 1. The van der Waals surface area contributed by atoms with Gasteiger partial charge in [0.15, 0.2) is 17.5 Å². The first-order chi connectivity index (χ1) is 26.7. The molecule has 0 saturated carbocycles. The molecule has 1 atom stereocenters. The maximum absolute atomic E-state index is 6.53. The van der Waals surface area contributed by atoms with Gasteiger partial charge in [0.25, 0.3) is 0 Å². The van der Waals surface area contributed by atoms with Gasteiger partial charge in [-0.15, -0.1) is 0 Å². The number of furan rings is 1. The number of hydrogen-bond donors (Lipinski definition) is 0. The Hall–Kier alpha value is -6.69. The van der Waals surface area contributed by atoms with Crippen molar-refractivity contribution in [1.82, 2.24) is 15.0 Å². The Labute approximate surface area is 313 Å². The summed E-state index contributed by atoms with van der Waals surface area (Å²) in [6.07, 6.45) is 1.08. The summed E-state index contributed by atoms with van der Waals surface area (Å²) >= 11 is 0. The first-order valence-electron chi connectivity index (χ1n) is 18.4. The molecule has 0 radical (unpaired) electrons. The third-order valence-corrected chi connectivity index (χ3v) is 10.5. The van der Waals surface area contributed by atoms with E-state index in [0.29, 0.717) is 23.4 Å². The van der Waals surface area contributed by atoms with Crippen LogP contribution in [-0.2, 0) is 4.74 Å². The Morgan fingerprint density at radius 2 is 0.944 bits per heavy atom. The number of rotatable bonds is 7. The second kappa shape index (κ2) is 13.7. The molecule has 9 aromatic rings. The van der Waals surface area contributed by atoms with Crippen LogP contribution in [0.25, 0.3) is 89.5 Å². The fourth-order valence-electron chi connectivity index (χ4n) is 7.59. The molecule has 5 nitrogen and oxygen atoms in total. The van der Waals surface area contributed by atoms with Gasteiger partial charge in [0.2, 0.25) is 0 Å². The minimum atomic E-state index is 0.474. The SMILES string of the molecule is c1ccc(-c2ccc(-c3nc(-c4ccc(-c5ccccc5)cc4)nc(-c4ccc5c(c4)oc4cccc(-c6ccc(C7CCOC7)cc6)c45)n3)cc2)cc1. The summed E-state index contributed by atoms with van der Waals surface area (Å²) in [5.41, 5.74) is 12.6. The van der Waals surface area contributed by atoms with Crippen molar-refractivity contribution >= 4 is 21.9 Å². The summed E-state index contributed by atoms with van der Waals surface area (Å²) in [4.78, 5) is 15.1. The van der Waals surface area contributed by atoms with Gasteiger partial charge in [-0.2, -0.15) is 0 Å². The molecule has 0 spiro atoms. The smallest absolute Gasteiger partial charge is 0.164 e. The predicted octanol–water partition coefficient (Wildman–Crippen LogP) is 12.3. The molecule has 258 valence electrons. The lowest BCUT2D eigenvalue weighted by atomic mass is 9.94. The van der Waals surface area contributed by atoms with E-state index < -0.39 is 0 Å². The predicted molar refractivity (Wildman–Crippen MR) is 218 cm³/mol. The molecule has 0 amide bonds. The quantitative estimate of drug-likeness (QED) is 0.166. The highest BCUT2D eigenvalue weighted by Crippen LogP contribution is 2.39. The van der Waals surface area contributed by atoms with Crippen LogP contribution in [0.2, 0.25) is 0 Å². The van der Waals surface area contributed by atoms with Gasteiger partial charge in [-0.05, 0) is 63.6 Å². The topological polar surface area (TPSA) is 61.0 Å². The molecule has 0 bridgehead atoms. The lowest BCUT2D eigenvalue weighted by Gasteiger charge is -2.10. The Bertz CT molecular complexity index is 2630. The van der Waals surface area contributed by atoms with Crippen molar-refractivity contribution in [3.63, 3.8) is 0 Å². The second-order valence-corrected chi connectivity index (χ2v) is 13.9. The molecule has 7 aromatic carbocycles. The molecule has 54 heavy (non-hydrogen) atoms. The molecule has 0 N–H and O–H groups in total. The van der Waals surface area contributed by atoms with Crippen molar-refractivity contribution in [3.05, 3.63) is 175 Å². The van der Waals surface area contributed by atoms with Crippen LogP contribution < -0.4 is 0 Å². The van der Waals surface area contributed by atoms with Crippen LogP contribution in [-0.4, -0.2) is 28.2 Å². The van der Waals surface area contributed by atoms with E-state index in [9.17, 15) is 0 Å². The maximum atomic E-state index is 6.53. The Morgan fingerprint density at radius 3 is 1.52 bits per heavy atom. The maximum Gasteiger partial charge on any atom is 0.164 e. The molecule has 1 saturated heterocycles. The van der Waals surface area contributed by atoms with Gasteiger partial charge in [-0.25, -0.2) is 15.0 Å². The standard InChI is InChI=1S/C49H35N3O2/c1-3-8-32(9-4-1)34-16-22-38(23-17-34)47-50-48(39-24-18-35(19-25-39)33-10-5-2-6-11-33)52-49(51-47)40-26-27-43-45(30-40)54-44-13-7-12-42(46(43)44)37-20-14-36(15-21-37)41-28-29-53-31-41/h1-27,30,41H,28-29,31H2. The molecule has 1 aliphatic heterocycles. The van der Waals surface area contributed by atoms with E-state index in [2.05, 4.69) is 152 Å². The highest BCUT2D eigenvalue weighted by molar-refractivity contribution is 6.13. The van der Waals surface area contributed by atoms with Crippen molar-refractivity contribution < 1.29 is 9.15 Å². The van der Waals surface area contributed by atoms with Crippen molar-refractivity contribution in [3.8, 4) is 67.5 Å². The molecular formula is C49H35N3O2. The van der Waals surface area contributed by atoms with Crippen LogP contribution in [0.3, 0.4) is 0 Å². The lowest BCUT2D eigenvalue weighted by Crippen LogP contribution is -2.00. The first kappa shape index (κ1) is 32.0. The van der Waals surface area contributed by atoms with Crippen LogP contribution in [0.15, 0.2) is 174 Å². The Balaban J connectivity index is 1.05. The van der Waals surface area contributed by atoms with Gasteiger partial charge < -0.3 is 9.15 Å². The van der Waals surface area contributed by atoms with E-state index in [-0.39, 0.29) is 0 Å². The normalized spacial score (nSPS) is 14.2. The molecular weight excluding hydrogens is 663 g/mol. The average molecular weight is 698 g/mol. The van der Waals surface area contributed by atoms with E-state index >= 15 is 0 Å². The summed E-state index contributed by atoms with van der Waals surface area (Å²) in [6.45, 7) is 1.64. The molecule has 10 rings (SSSR count). The van der Waals surface area contributed by atoms with Crippen LogP contribution in [0.4, 0.5) is 0 Å². The van der Waals surface area contributed by atoms with Gasteiger partial charge in [0.1, 0.15) is 11.2 Å². The summed E-state index contributed by atoms with van der Waals surface area (Å²) < 4.78 is 12.2. The molecule has 3 heterocycles. The molecule has 2 aromatic heterocycles. The van der Waals surface area contributed by atoms with E-state index in [0.717, 1.165) is 86.1 Å². The van der Waals surface area contributed by atoms with E-state index in [1.165, 1.54) is 11.1 Å². The summed E-state index contributed by atoms with van der Waals surface area (Å²) in [6, 6.07) is 59.1. The first-order valence-corrected chi connectivity index (χ1v) is 18.4.